The maximum absolute atomic E-state index is 12.2. The number of carbonyl (C=O) groups is 2. The van der Waals surface area contributed by atoms with Crippen LogP contribution in [0.5, 0.6) is 0 Å². The van der Waals surface area contributed by atoms with Gasteiger partial charge in [0.05, 0.1) is 12.8 Å². The normalized spacial score (nSPS) is 10.8. The molecule has 1 aromatic carbocycles. The van der Waals surface area contributed by atoms with E-state index in [9.17, 15) is 9.59 Å². The lowest BCUT2D eigenvalue weighted by atomic mass is 10.1. The van der Waals surface area contributed by atoms with Crippen LogP contribution in [0.1, 0.15) is 27.4 Å². The van der Waals surface area contributed by atoms with Gasteiger partial charge in [-0.25, -0.2) is 4.79 Å². The van der Waals surface area contributed by atoms with Gasteiger partial charge in [-0.15, -0.1) is 0 Å². The first-order valence-corrected chi connectivity index (χ1v) is 7.97. The van der Waals surface area contributed by atoms with Crippen molar-refractivity contribution in [3.8, 4) is 0 Å². The molecule has 0 spiro atoms. The maximum Gasteiger partial charge on any atom is 0.355 e. The summed E-state index contributed by atoms with van der Waals surface area (Å²) in [4.78, 5) is 28.8. The summed E-state index contributed by atoms with van der Waals surface area (Å²) in [6.07, 6.45) is 1.55. The van der Waals surface area contributed by atoms with E-state index in [0.29, 0.717) is 18.0 Å². The number of likely N-dealkylation sites (N-methyl/N-ethyl adjacent to an activating group) is 1. The fourth-order valence-electron chi connectivity index (χ4n) is 2.75. The molecule has 3 rings (SSSR count). The summed E-state index contributed by atoms with van der Waals surface area (Å²) < 4.78 is 10.3. The Balaban J connectivity index is 1.62. The SMILES string of the molecule is Cc1cc(C)c2cc(C(=O)OCC(=O)N(C)Cc3ccco3)[nH]c2c1. The lowest BCUT2D eigenvalue weighted by Crippen LogP contribution is -2.30. The van der Waals surface area contributed by atoms with Crippen molar-refractivity contribution in [2.75, 3.05) is 13.7 Å². The molecule has 25 heavy (non-hydrogen) atoms. The van der Waals surface area contributed by atoms with Gasteiger partial charge in [0.25, 0.3) is 5.91 Å². The molecule has 6 heteroatoms. The molecule has 0 aliphatic heterocycles. The van der Waals surface area contributed by atoms with Gasteiger partial charge in [-0.1, -0.05) is 6.07 Å². The third-order valence-electron chi connectivity index (χ3n) is 4.03. The summed E-state index contributed by atoms with van der Waals surface area (Å²) in [7, 11) is 1.63. The zero-order valence-corrected chi connectivity index (χ0v) is 14.5. The lowest BCUT2D eigenvalue weighted by molar-refractivity contribution is -0.134. The molecular formula is C19H20N2O4. The molecule has 0 atom stereocenters. The first-order chi connectivity index (χ1) is 11.9. The van der Waals surface area contributed by atoms with Crippen LogP contribution >= 0.6 is 0 Å². The quantitative estimate of drug-likeness (QED) is 0.724. The Hall–Kier alpha value is -3.02. The topological polar surface area (TPSA) is 75.5 Å². The lowest BCUT2D eigenvalue weighted by Gasteiger charge is -2.15. The van der Waals surface area contributed by atoms with E-state index in [-0.39, 0.29) is 12.5 Å². The smallest absolute Gasteiger partial charge is 0.355 e. The number of benzene rings is 1. The van der Waals surface area contributed by atoms with Gasteiger partial charge in [-0.05, 0) is 49.2 Å². The highest BCUT2D eigenvalue weighted by atomic mass is 16.5. The number of esters is 1. The van der Waals surface area contributed by atoms with Crippen LogP contribution in [0.15, 0.2) is 41.0 Å². The number of carbonyl (C=O) groups excluding carboxylic acids is 2. The van der Waals surface area contributed by atoms with E-state index < -0.39 is 5.97 Å². The van der Waals surface area contributed by atoms with E-state index in [0.717, 1.165) is 22.0 Å². The Morgan fingerprint density at radius 3 is 2.76 bits per heavy atom. The summed E-state index contributed by atoms with van der Waals surface area (Å²) >= 11 is 0. The summed E-state index contributed by atoms with van der Waals surface area (Å²) in [5.74, 6) is -0.176. The van der Waals surface area contributed by atoms with Crippen LogP contribution in [-0.4, -0.2) is 35.4 Å². The minimum Gasteiger partial charge on any atom is -0.467 e. The number of fused-ring (bicyclic) bond motifs is 1. The molecule has 0 radical (unpaired) electrons. The van der Waals surface area contributed by atoms with Gasteiger partial charge in [0.2, 0.25) is 0 Å². The average Bonchev–Trinajstić information content (AvgIpc) is 3.21. The molecule has 2 aromatic heterocycles. The molecule has 6 nitrogen and oxygen atoms in total. The second-order valence-electron chi connectivity index (χ2n) is 6.13. The Bertz CT molecular complexity index is 909. The van der Waals surface area contributed by atoms with Crippen molar-refractivity contribution < 1.29 is 18.7 Å². The van der Waals surface area contributed by atoms with E-state index in [1.807, 2.05) is 19.9 Å². The number of ether oxygens (including phenoxy) is 1. The molecule has 0 fully saturated rings. The molecule has 0 unspecified atom stereocenters. The molecule has 130 valence electrons. The molecule has 1 N–H and O–H groups in total. The maximum atomic E-state index is 12.2. The van der Waals surface area contributed by atoms with Gasteiger partial charge in [0.1, 0.15) is 11.5 Å². The number of aryl methyl sites for hydroxylation is 2. The number of aromatic nitrogens is 1. The summed E-state index contributed by atoms with van der Waals surface area (Å²) in [5.41, 5.74) is 3.41. The predicted octanol–water partition coefficient (Wildman–Crippen LogP) is 3.19. The fraction of sp³-hybridized carbons (Fsp3) is 0.263. The molecule has 0 aliphatic rings. The van der Waals surface area contributed by atoms with Gasteiger partial charge in [-0.3, -0.25) is 4.79 Å². The van der Waals surface area contributed by atoms with E-state index in [1.54, 1.807) is 31.5 Å². The number of amides is 1. The van der Waals surface area contributed by atoms with Gasteiger partial charge in [-0.2, -0.15) is 0 Å². The molecule has 0 aliphatic carbocycles. The van der Waals surface area contributed by atoms with Crippen LogP contribution in [0, 0.1) is 13.8 Å². The molecule has 0 saturated heterocycles. The summed E-state index contributed by atoms with van der Waals surface area (Å²) in [6.45, 7) is 4.00. The molecule has 3 aromatic rings. The molecule has 0 saturated carbocycles. The largest absolute Gasteiger partial charge is 0.467 e. The highest BCUT2D eigenvalue weighted by Crippen LogP contribution is 2.21. The number of hydrogen-bond acceptors (Lipinski definition) is 4. The van der Waals surface area contributed by atoms with Crippen molar-refractivity contribution in [1.29, 1.82) is 0 Å². The third kappa shape index (κ3) is 3.74. The molecular weight excluding hydrogens is 320 g/mol. The fourth-order valence-corrected chi connectivity index (χ4v) is 2.75. The molecule has 1 amide bonds. The summed E-state index contributed by atoms with van der Waals surface area (Å²) in [6, 6.07) is 9.32. The number of nitrogens with zero attached hydrogens (tertiary/aromatic N) is 1. The zero-order chi connectivity index (χ0) is 18.0. The van der Waals surface area contributed by atoms with Gasteiger partial charge < -0.3 is 19.0 Å². The van der Waals surface area contributed by atoms with Crippen molar-refractivity contribution in [3.05, 3.63) is 59.2 Å². The molecule has 0 bridgehead atoms. The number of H-pyrrole nitrogens is 1. The Morgan fingerprint density at radius 2 is 2.04 bits per heavy atom. The second-order valence-corrected chi connectivity index (χ2v) is 6.13. The second kappa shape index (κ2) is 6.84. The van der Waals surface area contributed by atoms with Crippen molar-refractivity contribution in [1.82, 2.24) is 9.88 Å². The van der Waals surface area contributed by atoms with E-state index >= 15 is 0 Å². The van der Waals surface area contributed by atoms with Gasteiger partial charge in [0.15, 0.2) is 6.61 Å². The van der Waals surface area contributed by atoms with E-state index in [2.05, 4.69) is 11.1 Å². The summed E-state index contributed by atoms with van der Waals surface area (Å²) in [5, 5.41) is 0.971. The zero-order valence-electron chi connectivity index (χ0n) is 14.5. The number of nitrogens with one attached hydrogen (secondary N) is 1. The van der Waals surface area contributed by atoms with Crippen LogP contribution in [0.3, 0.4) is 0 Å². The first-order valence-electron chi connectivity index (χ1n) is 7.97. The van der Waals surface area contributed by atoms with Crippen LogP contribution in [0.2, 0.25) is 0 Å². The van der Waals surface area contributed by atoms with Gasteiger partial charge in [0, 0.05) is 18.0 Å². The highest BCUT2D eigenvalue weighted by molar-refractivity contribution is 5.96. The van der Waals surface area contributed by atoms with Gasteiger partial charge >= 0.3 is 5.97 Å². The van der Waals surface area contributed by atoms with E-state index in [1.165, 1.54) is 4.90 Å². The van der Waals surface area contributed by atoms with Crippen LogP contribution in [-0.2, 0) is 16.1 Å². The minimum atomic E-state index is -0.548. The van der Waals surface area contributed by atoms with E-state index in [4.69, 9.17) is 9.15 Å². The average molecular weight is 340 g/mol. The Kier molecular flexibility index (Phi) is 4.61. The van der Waals surface area contributed by atoms with Crippen LogP contribution in [0.25, 0.3) is 10.9 Å². The first kappa shape index (κ1) is 16.8. The van der Waals surface area contributed by atoms with Crippen LogP contribution in [0.4, 0.5) is 0 Å². The monoisotopic (exact) mass is 340 g/mol. The number of hydrogen-bond donors (Lipinski definition) is 1. The number of rotatable bonds is 5. The number of furan rings is 1. The van der Waals surface area contributed by atoms with Crippen molar-refractivity contribution in [2.24, 2.45) is 0 Å². The number of aromatic amines is 1. The van der Waals surface area contributed by atoms with Crippen molar-refractivity contribution in [3.63, 3.8) is 0 Å². The predicted molar refractivity (Wildman–Crippen MR) is 93.2 cm³/mol. The van der Waals surface area contributed by atoms with Crippen molar-refractivity contribution in [2.45, 2.75) is 20.4 Å². The third-order valence-corrected chi connectivity index (χ3v) is 4.03. The highest BCUT2D eigenvalue weighted by Gasteiger charge is 2.16. The van der Waals surface area contributed by atoms with Crippen molar-refractivity contribution >= 4 is 22.8 Å². The minimum absolute atomic E-state index is 0.298. The standard InChI is InChI=1S/C19H20N2O4/c1-12-7-13(2)15-9-17(20-16(15)8-12)19(23)25-11-18(22)21(3)10-14-5-4-6-24-14/h4-9,20H,10-11H2,1-3H3. The van der Waals surface area contributed by atoms with Crippen LogP contribution < -0.4 is 0 Å². The Labute approximate surface area is 145 Å². The Morgan fingerprint density at radius 1 is 1.24 bits per heavy atom. The molecule has 2 heterocycles.